The Bertz CT molecular complexity index is 223. The predicted octanol–water partition coefficient (Wildman–Crippen LogP) is 0.745. The number of hydrogen-bond acceptors (Lipinski definition) is 4. The van der Waals surface area contributed by atoms with E-state index < -0.39 is 6.09 Å². The van der Waals surface area contributed by atoms with Crippen LogP contribution in [0.1, 0.15) is 25.7 Å². The Morgan fingerprint density at radius 3 is 2.33 bits per heavy atom. The van der Waals surface area contributed by atoms with Crippen LogP contribution in [0.2, 0.25) is 0 Å². The largest absolute Gasteiger partial charge is 0.453 e. The van der Waals surface area contributed by atoms with Crippen molar-refractivity contribution in [3.8, 4) is 0 Å². The molecule has 1 N–H and O–H groups in total. The van der Waals surface area contributed by atoms with Crippen molar-refractivity contribution in [2.75, 3.05) is 26.7 Å². The maximum Gasteiger partial charge on any atom is 0.413 e. The molecule has 1 aliphatic heterocycles. The average molecular weight is 214 g/mol. The average Bonchev–Trinajstić information content (AvgIpc) is 2.46. The van der Waals surface area contributed by atoms with Crippen LogP contribution < -0.4 is 5.32 Å². The molecule has 5 nitrogen and oxygen atoms in total. The van der Waals surface area contributed by atoms with E-state index in [0.717, 1.165) is 25.9 Å². The summed E-state index contributed by atoms with van der Waals surface area (Å²) in [6.45, 7) is 2.16. The number of imide groups is 1. The van der Waals surface area contributed by atoms with Crippen LogP contribution in [0.4, 0.5) is 4.79 Å². The monoisotopic (exact) mass is 214 g/mol. The van der Waals surface area contributed by atoms with Gasteiger partial charge in [-0.15, -0.1) is 0 Å². The van der Waals surface area contributed by atoms with Crippen LogP contribution in [0.15, 0.2) is 0 Å². The van der Waals surface area contributed by atoms with Crippen LogP contribution in [0.3, 0.4) is 0 Å². The van der Waals surface area contributed by atoms with E-state index in [0.29, 0.717) is 0 Å². The molecule has 2 amide bonds. The molecular weight excluding hydrogens is 196 g/mol. The molecule has 0 aromatic rings. The van der Waals surface area contributed by atoms with Crippen molar-refractivity contribution in [1.29, 1.82) is 0 Å². The number of ether oxygens (including phenoxy) is 1. The van der Waals surface area contributed by atoms with E-state index in [1.165, 1.54) is 20.0 Å². The van der Waals surface area contributed by atoms with Crippen LogP contribution in [-0.4, -0.2) is 43.6 Å². The zero-order valence-electron chi connectivity index (χ0n) is 9.12. The number of amides is 2. The Balaban J connectivity index is 2.26. The molecule has 0 aromatic carbocycles. The number of carbonyl (C=O) groups is 2. The molecule has 1 heterocycles. The number of nitrogens with zero attached hydrogens (tertiary/aromatic N) is 1. The van der Waals surface area contributed by atoms with E-state index in [-0.39, 0.29) is 12.5 Å². The van der Waals surface area contributed by atoms with E-state index in [2.05, 4.69) is 15.0 Å². The van der Waals surface area contributed by atoms with Gasteiger partial charge in [0.25, 0.3) is 0 Å². The van der Waals surface area contributed by atoms with Gasteiger partial charge in [-0.1, -0.05) is 12.8 Å². The molecular formula is C10H18N2O3. The van der Waals surface area contributed by atoms with Gasteiger partial charge in [0, 0.05) is 0 Å². The Hall–Kier alpha value is -1.10. The number of nitrogens with one attached hydrogen (secondary N) is 1. The normalized spacial score (nSPS) is 17.9. The van der Waals surface area contributed by atoms with E-state index in [9.17, 15) is 9.59 Å². The maximum absolute atomic E-state index is 11.3. The van der Waals surface area contributed by atoms with Crippen molar-refractivity contribution in [1.82, 2.24) is 10.2 Å². The lowest BCUT2D eigenvalue weighted by Gasteiger charge is -2.18. The minimum atomic E-state index is -0.685. The fourth-order valence-corrected chi connectivity index (χ4v) is 1.70. The Kier molecular flexibility index (Phi) is 5.10. The number of alkyl carbamates (subject to hydrolysis) is 1. The maximum atomic E-state index is 11.3. The number of carbonyl (C=O) groups excluding carboxylic acids is 2. The second-order valence-electron chi connectivity index (χ2n) is 3.73. The lowest BCUT2D eigenvalue weighted by molar-refractivity contribution is -0.121. The van der Waals surface area contributed by atoms with Gasteiger partial charge in [-0.2, -0.15) is 0 Å². The van der Waals surface area contributed by atoms with Crippen molar-refractivity contribution in [2.24, 2.45) is 0 Å². The fourth-order valence-electron chi connectivity index (χ4n) is 1.70. The zero-order valence-corrected chi connectivity index (χ0v) is 9.12. The van der Waals surface area contributed by atoms with Crippen LogP contribution >= 0.6 is 0 Å². The molecule has 1 aliphatic rings. The Morgan fingerprint density at radius 2 is 1.80 bits per heavy atom. The first-order chi connectivity index (χ1) is 7.22. The summed E-state index contributed by atoms with van der Waals surface area (Å²) in [4.78, 5) is 24.2. The molecule has 1 saturated heterocycles. The van der Waals surface area contributed by atoms with Gasteiger partial charge >= 0.3 is 6.09 Å². The van der Waals surface area contributed by atoms with Crippen LogP contribution in [0.5, 0.6) is 0 Å². The topological polar surface area (TPSA) is 58.6 Å². The van der Waals surface area contributed by atoms with Gasteiger partial charge in [0.05, 0.1) is 13.7 Å². The lowest BCUT2D eigenvalue weighted by Crippen LogP contribution is -2.40. The van der Waals surface area contributed by atoms with Crippen molar-refractivity contribution in [2.45, 2.75) is 25.7 Å². The summed E-state index contributed by atoms with van der Waals surface area (Å²) in [5, 5.41) is 2.16. The molecule has 1 rings (SSSR count). The SMILES string of the molecule is COC(=O)NC(=O)CN1CCCCCC1. The first kappa shape index (κ1) is 12.0. The highest BCUT2D eigenvalue weighted by atomic mass is 16.5. The van der Waals surface area contributed by atoms with Gasteiger partial charge < -0.3 is 4.74 Å². The second-order valence-corrected chi connectivity index (χ2v) is 3.73. The summed E-state index contributed by atoms with van der Waals surface area (Å²) in [7, 11) is 1.24. The molecule has 0 bridgehead atoms. The Morgan fingerprint density at radius 1 is 1.20 bits per heavy atom. The first-order valence-corrected chi connectivity index (χ1v) is 5.32. The van der Waals surface area contributed by atoms with E-state index in [1.54, 1.807) is 0 Å². The molecule has 0 atom stereocenters. The van der Waals surface area contributed by atoms with E-state index in [1.807, 2.05) is 0 Å². The van der Waals surface area contributed by atoms with Gasteiger partial charge in [0.2, 0.25) is 5.91 Å². The third kappa shape index (κ3) is 4.78. The van der Waals surface area contributed by atoms with Gasteiger partial charge in [-0.3, -0.25) is 15.0 Å². The summed E-state index contributed by atoms with van der Waals surface area (Å²) in [6.07, 6.45) is 4.04. The Labute approximate surface area is 89.8 Å². The highest BCUT2D eigenvalue weighted by molar-refractivity contribution is 5.92. The standard InChI is InChI=1S/C10H18N2O3/c1-15-10(14)11-9(13)8-12-6-4-2-3-5-7-12/h2-8H2,1H3,(H,11,13,14). The van der Waals surface area contributed by atoms with Crippen LogP contribution in [0, 0.1) is 0 Å². The number of likely N-dealkylation sites (tertiary alicyclic amines) is 1. The smallest absolute Gasteiger partial charge is 0.413 e. The molecule has 0 spiro atoms. The molecule has 0 aromatic heterocycles. The number of methoxy groups -OCH3 is 1. The van der Waals surface area contributed by atoms with Crippen molar-refractivity contribution < 1.29 is 14.3 Å². The van der Waals surface area contributed by atoms with Gasteiger partial charge in [0.1, 0.15) is 0 Å². The molecule has 0 aliphatic carbocycles. The molecule has 15 heavy (non-hydrogen) atoms. The second kappa shape index (κ2) is 6.40. The predicted molar refractivity (Wildman–Crippen MR) is 55.5 cm³/mol. The summed E-state index contributed by atoms with van der Waals surface area (Å²) in [5.41, 5.74) is 0. The summed E-state index contributed by atoms with van der Waals surface area (Å²) in [5.74, 6) is -0.288. The summed E-state index contributed by atoms with van der Waals surface area (Å²) < 4.78 is 4.35. The third-order valence-electron chi connectivity index (χ3n) is 2.49. The highest BCUT2D eigenvalue weighted by Crippen LogP contribution is 2.08. The minimum absolute atomic E-state index is 0.287. The molecule has 0 saturated carbocycles. The molecule has 5 heteroatoms. The van der Waals surface area contributed by atoms with Gasteiger partial charge in [0.15, 0.2) is 0 Å². The molecule has 0 radical (unpaired) electrons. The highest BCUT2D eigenvalue weighted by Gasteiger charge is 2.14. The number of rotatable bonds is 2. The molecule has 86 valence electrons. The van der Waals surface area contributed by atoms with E-state index in [4.69, 9.17) is 0 Å². The quantitative estimate of drug-likeness (QED) is 0.736. The van der Waals surface area contributed by atoms with Gasteiger partial charge in [-0.25, -0.2) is 4.79 Å². The van der Waals surface area contributed by atoms with Crippen molar-refractivity contribution in [3.05, 3.63) is 0 Å². The molecule has 1 fully saturated rings. The van der Waals surface area contributed by atoms with Crippen molar-refractivity contribution >= 4 is 12.0 Å². The molecule has 0 unspecified atom stereocenters. The summed E-state index contributed by atoms with van der Waals surface area (Å²) >= 11 is 0. The summed E-state index contributed by atoms with van der Waals surface area (Å²) in [6, 6.07) is 0. The third-order valence-corrected chi connectivity index (χ3v) is 2.49. The number of hydrogen-bond donors (Lipinski definition) is 1. The van der Waals surface area contributed by atoms with Gasteiger partial charge in [-0.05, 0) is 25.9 Å². The van der Waals surface area contributed by atoms with Crippen LogP contribution in [-0.2, 0) is 9.53 Å². The lowest BCUT2D eigenvalue weighted by atomic mass is 10.2. The fraction of sp³-hybridized carbons (Fsp3) is 0.800. The zero-order chi connectivity index (χ0) is 11.1. The minimum Gasteiger partial charge on any atom is -0.453 e. The van der Waals surface area contributed by atoms with Crippen molar-refractivity contribution in [3.63, 3.8) is 0 Å². The van der Waals surface area contributed by atoms with E-state index >= 15 is 0 Å². The first-order valence-electron chi connectivity index (χ1n) is 5.32. The van der Waals surface area contributed by atoms with Crippen LogP contribution in [0.25, 0.3) is 0 Å².